The molecule has 0 spiro atoms. The Morgan fingerprint density at radius 2 is 2.11 bits per heavy atom. The zero-order valence-electron chi connectivity index (χ0n) is 12.2. The van der Waals surface area contributed by atoms with E-state index in [0.717, 1.165) is 31.3 Å². The van der Waals surface area contributed by atoms with E-state index in [2.05, 4.69) is 42.9 Å². The molecule has 0 bridgehead atoms. The van der Waals surface area contributed by atoms with E-state index in [1.807, 2.05) is 0 Å². The molecule has 1 rings (SSSR count). The lowest BCUT2D eigenvalue weighted by Crippen LogP contribution is -2.32. The fraction of sp³-hybridized carbons (Fsp3) is 0.786. The predicted molar refractivity (Wildman–Crippen MR) is 75.9 cm³/mol. The van der Waals surface area contributed by atoms with Crippen LogP contribution in [0, 0.1) is 0 Å². The largest absolute Gasteiger partial charge is 0.432 e. The smallest absolute Gasteiger partial charge is 0.297 e. The van der Waals surface area contributed by atoms with Crippen molar-refractivity contribution in [2.75, 3.05) is 18.0 Å². The third-order valence-corrected chi connectivity index (χ3v) is 2.97. The molecule has 1 N–H and O–H groups in total. The average molecular weight is 253 g/mol. The molecule has 0 unspecified atom stereocenters. The van der Waals surface area contributed by atoms with E-state index in [0.29, 0.717) is 6.04 Å². The molecule has 0 aliphatic rings. The van der Waals surface area contributed by atoms with Gasteiger partial charge in [0.15, 0.2) is 0 Å². The van der Waals surface area contributed by atoms with Gasteiger partial charge in [-0.25, -0.2) is 0 Å². The molecule has 0 fully saturated rings. The van der Waals surface area contributed by atoms with Crippen molar-refractivity contribution < 1.29 is 4.42 Å². The molecule has 0 amide bonds. The highest BCUT2D eigenvalue weighted by molar-refractivity contribution is 5.28. The number of nitrogens with one attached hydrogen (secondary N) is 1. The SMILES string of the molecule is CCCCCN(c1nc(CNCC)co1)C(C)C. The lowest BCUT2D eigenvalue weighted by molar-refractivity contribution is 0.502. The van der Waals surface area contributed by atoms with Gasteiger partial charge in [-0.3, -0.25) is 0 Å². The van der Waals surface area contributed by atoms with Crippen LogP contribution in [0.3, 0.4) is 0 Å². The Labute approximate surface area is 111 Å². The first kappa shape index (κ1) is 15.0. The second kappa shape index (κ2) is 8.14. The zero-order chi connectivity index (χ0) is 13.4. The maximum atomic E-state index is 5.59. The number of aromatic nitrogens is 1. The molecule has 18 heavy (non-hydrogen) atoms. The van der Waals surface area contributed by atoms with Gasteiger partial charge in [0.05, 0.1) is 5.69 Å². The van der Waals surface area contributed by atoms with Crippen LogP contribution >= 0.6 is 0 Å². The summed E-state index contributed by atoms with van der Waals surface area (Å²) in [5, 5.41) is 3.26. The first-order valence-electron chi connectivity index (χ1n) is 7.10. The Bertz CT molecular complexity index is 323. The van der Waals surface area contributed by atoms with Gasteiger partial charge in [0, 0.05) is 19.1 Å². The van der Waals surface area contributed by atoms with Crippen LogP contribution in [0.15, 0.2) is 10.7 Å². The molecule has 0 aliphatic heterocycles. The second-order valence-electron chi connectivity index (χ2n) is 4.90. The Balaban J connectivity index is 2.58. The molecule has 1 heterocycles. The van der Waals surface area contributed by atoms with Crippen molar-refractivity contribution in [1.82, 2.24) is 10.3 Å². The number of nitrogens with zero attached hydrogens (tertiary/aromatic N) is 2. The van der Waals surface area contributed by atoms with Crippen molar-refractivity contribution in [3.8, 4) is 0 Å². The topological polar surface area (TPSA) is 41.3 Å². The van der Waals surface area contributed by atoms with Crippen molar-refractivity contribution in [3.63, 3.8) is 0 Å². The van der Waals surface area contributed by atoms with E-state index < -0.39 is 0 Å². The van der Waals surface area contributed by atoms with Gasteiger partial charge in [0.25, 0.3) is 6.01 Å². The fourth-order valence-electron chi connectivity index (χ4n) is 1.87. The van der Waals surface area contributed by atoms with Gasteiger partial charge in [0.1, 0.15) is 6.26 Å². The Hall–Kier alpha value is -1.03. The Kier molecular flexibility index (Phi) is 6.80. The summed E-state index contributed by atoms with van der Waals surface area (Å²) in [6, 6.07) is 1.18. The van der Waals surface area contributed by atoms with Gasteiger partial charge >= 0.3 is 0 Å². The number of unbranched alkanes of at least 4 members (excludes halogenated alkanes) is 2. The zero-order valence-corrected chi connectivity index (χ0v) is 12.2. The molecule has 0 radical (unpaired) electrons. The minimum atomic E-state index is 0.424. The summed E-state index contributed by atoms with van der Waals surface area (Å²) in [6.07, 6.45) is 5.45. The van der Waals surface area contributed by atoms with Gasteiger partial charge in [-0.1, -0.05) is 26.7 Å². The second-order valence-corrected chi connectivity index (χ2v) is 4.90. The van der Waals surface area contributed by atoms with Crippen molar-refractivity contribution in [2.45, 2.75) is 59.5 Å². The third kappa shape index (κ3) is 4.69. The number of rotatable bonds is 9. The van der Waals surface area contributed by atoms with Gasteiger partial charge in [-0.2, -0.15) is 4.98 Å². The summed E-state index contributed by atoms with van der Waals surface area (Å²) in [4.78, 5) is 6.79. The van der Waals surface area contributed by atoms with Crippen molar-refractivity contribution >= 4 is 6.01 Å². The van der Waals surface area contributed by atoms with E-state index >= 15 is 0 Å². The van der Waals surface area contributed by atoms with Crippen molar-refractivity contribution in [3.05, 3.63) is 12.0 Å². The number of anilines is 1. The summed E-state index contributed by atoms with van der Waals surface area (Å²) < 4.78 is 5.59. The first-order valence-corrected chi connectivity index (χ1v) is 7.10. The highest BCUT2D eigenvalue weighted by atomic mass is 16.4. The maximum absolute atomic E-state index is 5.59. The quantitative estimate of drug-likeness (QED) is 0.686. The van der Waals surface area contributed by atoms with Gasteiger partial charge in [-0.15, -0.1) is 0 Å². The lowest BCUT2D eigenvalue weighted by Gasteiger charge is -2.24. The van der Waals surface area contributed by atoms with Crippen LogP contribution in [-0.2, 0) is 6.54 Å². The van der Waals surface area contributed by atoms with E-state index in [9.17, 15) is 0 Å². The number of hydrogen-bond donors (Lipinski definition) is 1. The summed E-state index contributed by atoms with van der Waals surface area (Å²) >= 11 is 0. The lowest BCUT2D eigenvalue weighted by atomic mass is 10.2. The first-order chi connectivity index (χ1) is 8.69. The molecule has 0 atom stereocenters. The number of hydrogen-bond acceptors (Lipinski definition) is 4. The van der Waals surface area contributed by atoms with Crippen LogP contribution in [0.1, 0.15) is 52.7 Å². The van der Waals surface area contributed by atoms with E-state index in [1.165, 1.54) is 19.3 Å². The summed E-state index contributed by atoms with van der Waals surface area (Å²) in [5.41, 5.74) is 0.980. The molecule has 1 aromatic heterocycles. The Morgan fingerprint density at radius 1 is 1.33 bits per heavy atom. The molecular formula is C14H27N3O. The molecule has 4 nitrogen and oxygen atoms in total. The van der Waals surface area contributed by atoms with Crippen molar-refractivity contribution in [1.29, 1.82) is 0 Å². The minimum Gasteiger partial charge on any atom is -0.432 e. The third-order valence-electron chi connectivity index (χ3n) is 2.97. The Morgan fingerprint density at radius 3 is 2.72 bits per heavy atom. The van der Waals surface area contributed by atoms with E-state index in [1.54, 1.807) is 6.26 Å². The standard InChI is InChI=1S/C14H27N3O/c1-5-7-8-9-17(12(3)4)14-16-13(11-18-14)10-15-6-2/h11-12,15H,5-10H2,1-4H3. The van der Waals surface area contributed by atoms with Crippen LogP contribution in [0.5, 0.6) is 0 Å². The molecule has 0 aliphatic carbocycles. The predicted octanol–water partition coefficient (Wildman–Crippen LogP) is 3.19. The highest BCUT2D eigenvalue weighted by Crippen LogP contribution is 2.17. The van der Waals surface area contributed by atoms with Gasteiger partial charge in [0.2, 0.25) is 0 Å². The molecule has 0 saturated carbocycles. The monoisotopic (exact) mass is 253 g/mol. The molecule has 1 aromatic rings. The van der Waals surface area contributed by atoms with Gasteiger partial charge in [-0.05, 0) is 26.8 Å². The highest BCUT2D eigenvalue weighted by Gasteiger charge is 2.15. The normalized spacial score (nSPS) is 11.2. The van der Waals surface area contributed by atoms with Crippen LogP contribution in [0.2, 0.25) is 0 Å². The maximum Gasteiger partial charge on any atom is 0.297 e. The van der Waals surface area contributed by atoms with Gasteiger partial charge < -0.3 is 14.6 Å². The molecule has 4 heteroatoms. The van der Waals surface area contributed by atoms with E-state index in [4.69, 9.17) is 4.42 Å². The average Bonchev–Trinajstić information content (AvgIpc) is 2.80. The minimum absolute atomic E-state index is 0.424. The molecule has 0 aromatic carbocycles. The summed E-state index contributed by atoms with van der Waals surface area (Å²) in [5.74, 6) is 0. The fourth-order valence-corrected chi connectivity index (χ4v) is 1.87. The molecular weight excluding hydrogens is 226 g/mol. The summed E-state index contributed by atoms with van der Waals surface area (Å²) in [6.45, 7) is 11.4. The van der Waals surface area contributed by atoms with Crippen LogP contribution in [0.4, 0.5) is 6.01 Å². The van der Waals surface area contributed by atoms with Crippen molar-refractivity contribution in [2.24, 2.45) is 0 Å². The van der Waals surface area contributed by atoms with Crippen LogP contribution < -0.4 is 10.2 Å². The molecule has 104 valence electrons. The van der Waals surface area contributed by atoms with E-state index in [-0.39, 0.29) is 0 Å². The summed E-state index contributed by atoms with van der Waals surface area (Å²) in [7, 11) is 0. The number of oxazole rings is 1. The van der Waals surface area contributed by atoms with Crippen LogP contribution in [0.25, 0.3) is 0 Å². The van der Waals surface area contributed by atoms with Crippen LogP contribution in [-0.4, -0.2) is 24.1 Å². The molecule has 0 saturated heterocycles.